The SMILES string of the molecule is Brc1cccc(COCCC2CCOC2)c1. The van der Waals surface area contributed by atoms with Gasteiger partial charge < -0.3 is 9.47 Å². The first-order valence-electron chi connectivity index (χ1n) is 5.74. The number of hydrogen-bond donors (Lipinski definition) is 0. The van der Waals surface area contributed by atoms with Gasteiger partial charge in [0, 0.05) is 24.3 Å². The van der Waals surface area contributed by atoms with Crippen molar-refractivity contribution < 1.29 is 9.47 Å². The van der Waals surface area contributed by atoms with Crippen LogP contribution in [0.25, 0.3) is 0 Å². The van der Waals surface area contributed by atoms with E-state index in [1.807, 2.05) is 12.1 Å². The van der Waals surface area contributed by atoms with Crippen molar-refractivity contribution in [2.75, 3.05) is 19.8 Å². The van der Waals surface area contributed by atoms with Crippen LogP contribution in [0.15, 0.2) is 28.7 Å². The van der Waals surface area contributed by atoms with Crippen molar-refractivity contribution in [3.8, 4) is 0 Å². The van der Waals surface area contributed by atoms with Gasteiger partial charge in [0.1, 0.15) is 0 Å². The van der Waals surface area contributed by atoms with Crippen LogP contribution in [0.3, 0.4) is 0 Å². The van der Waals surface area contributed by atoms with E-state index in [-0.39, 0.29) is 0 Å². The van der Waals surface area contributed by atoms with Gasteiger partial charge in [0.2, 0.25) is 0 Å². The standard InChI is InChI=1S/C13H17BrO2/c14-13-3-1-2-12(8-13)10-16-7-5-11-4-6-15-9-11/h1-3,8,11H,4-7,9-10H2. The molecule has 0 aromatic heterocycles. The molecule has 1 saturated heterocycles. The van der Waals surface area contributed by atoms with Gasteiger partial charge in [-0.1, -0.05) is 28.1 Å². The fraction of sp³-hybridized carbons (Fsp3) is 0.538. The van der Waals surface area contributed by atoms with Gasteiger partial charge in [-0.3, -0.25) is 0 Å². The highest BCUT2D eigenvalue weighted by molar-refractivity contribution is 9.10. The molecule has 1 aromatic rings. The molecule has 1 heterocycles. The zero-order valence-corrected chi connectivity index (χ0v) is 10.9. The maximum atomic E-state index is 5.66. The summed E-state index contributed by atoms with van der Waals surface area (Å²) in [7, 11) is 0. The summed E-state index contributed by atoms with van der Waals surface area (Å²) in [5.74, 6) is 0.711. The molecule has 1 aromatic carbocycles. The molecule has 1 unspecified atom stereocenters. The number of halogens is 1. The molecular weight excluding hydrogens is 268 g/mol. The first-order valence-corrected chi connectivity index (χ1v) is 6.54. The topological polar surface area (TPSA) is 18.5 Å². The van der Waals surface area contributed by atoms with E-state index in [2.05, 4.69) is 28.1 Å². The average Bonchev–Trinajstić information content (AvgIpc) is 2.77. The molecular formula is C13H17BrO2. The lowest BCUT2D eigenvalue weighted by Gasteiger charge is -2.08. The molecule has 0 N–H and O–H groups in total. The van der Waals surface area contributed by atoms with Crippen molar-refractivity contribution in [2.24, 2.45) is 5.92 Å². The van der Waals surface area contributed by atoms with Crippen molar-refractivity contribution in [3.05, 3.63) is 34.3 Å². The number of hydrogen-bond acceptors (Lipinski definition) is 2. The minimum absolute atomic E-state index is 0.701. The van der Waals surface area contributed by atoms with E-state index in [4.69, 9.17) is 9.47 Å². The van der Waals surface area contributed by atoms with Crippen molar-refractivity contribution in [2.45, 2.75) is 19.4 Å². The first kappa shape index (κ1) is 12.1. The fourth-order valence-corrected chi connectivity index (χ4v) is 2.32. The van der Waals surface area contributed by atoms with Gasteiger partial charge in [0.05, 0.1) is 6.61 Å². The Morgan fingerprint density at radius 1 is 1.44 bits per heavy atom. The molecule has 2 nitrogen and oxygen atoms in total. The Balaban J connectivity index is 1.64. The highest BCUT2D eigenvalue weighted by atomic mass is 79.9. The van der Waals surface area contributed by atoms with Crippen molar-refractivity contribution >= 4 is 15.9 Å². The van der Waals surface area contributed by atoms with Crippen LogP contribution in [0.1, 0.15) is 18.4 Å². The molecule has 0 aliphatic carbocycles. The maximum absolute atomic E-state index is 5.66. The van der Waals surface area contributed by atoms with Crippen molar-refractivity contribution in [3.63, 3.8) is 0 Å². The normalized spacial score (nSPS) is 20.2. The van der Waals surface area contributed by atoms with Gasteiger partial charge in [-0.15, -0.1) is 0 Å². The molecule has 16 heavy (non-hydrogen) atoms. The molecule has 1 aliphatic heterocycles. The molecule has 0 amide bonds. The number of rotatable bonds is 5. The van der Waals surface area contributed by atoms with Crippen LogP contribution in [0.2, 0.25) is 0 Å². The maximum Gasteiger partial charge on any atom is 0.0717 e. The van der Waals surface area contributed by atoms with Crippen LogP contribution in [0, 0.1) is 5.92 Å². The Hall–Kier alpha value is -0.380. The van der Waals surface area contributed by atoms with E-state index in [1.165, 1.54) is 12.0 Å². The third-order valence-electron chi connectivity index (χ3n) is 2.85. The summed E-state index contributed by atoms with van der Waals surface area (Å²) in [5, 5.41) is 0. The average molecular weight is 285 g/mol. The predicted molar refractivity (Wildman–Crippen MR) is 67.3 cm³/mol. The molecule has 0 spiro atoms. The van der Waals surface area contributed by atoms with Gasteiger partial charge in [-0.05, 0) is 36.5 Å². The number of ether oxygens (including phenoxy) is 2. The third-order valence-corrected chi connectivity index (χ3v) is 3.35. The van der Waals surface area contributed by atoms with Crippen molar-refractivity contribution in [1.29, 1.82) is 0 Å². The Kier molecular flexibility index (Phi) is 4.82. The summed E-state index contributed by atoms with van der Waals surface area (Å²) in [4.78, 5) is 0. The van der Waals surface area contributed by atoms with Gasteiger partial charge in [0.25, 0.3) is 0 Å². The predicted octanol–water partition coefficient (Wildman–Crippen LogP) is 3.39. The largest absolute Gasteiger partial charge is 0.381 e. The zero-order chi connectivity index (χ0) is 11.2. The second-order valence-electron chi connectivity index (χ2n) is 4.20. The second-order valence-corrected chi connectivity index (χ2v) is 5.12. The lowest BCUT2D eigenvalue weighted by atomic mass is 10.1. The second kappa shape index (κ2) is 6.38. The summed E-state index contributed by atoms with van der Waals surface area (Å²) < 4.78 is 12.1. The lowest BCUT2D eigenvalue weighted by Crippen LogP contribution is -2.05. The molecule has 1 aliphatic rings. The fourth-order valence-electron chi connectivity index (χ4n) is 1.88. The summed E-state index contributed by atoms with van der Waals surface area (Å²) in [6.45, 7) is 3.38. The smallest absolute Gasteiger partial charge is 0.0717 e. The van der Waals surface area contributed by atoms with Gasteiger partial charge >= 0.3 is 0 Å². The molecule has 0 bridgehead atoms. The van der Waals surface area contributed by atoms with Crippen LogP contribution in [0.4, 0.5) is 0 Å². The van der Waals surface area contributed by atoms with Crippen LogP contribution in [-0.4, -0.2) is 19.8 Å². The summed E-state index contributed by atoms with van der Waals surface area (Å²) in [5.41, 5.74) is 1.22. The van der Waals surface area contributed by atoms with E-state index in [1.54, 1.807) is 0 Å². The van der Waals surface area contributed by atoms with Crippen LogP contribution in [-0.2, 0) is 16.1 Å². The first-order chi connectivity index (χ1) is 7.84. The summed E-state index contributed by atoms with van der Waals surface area (Å²) in [6, 6.07) is 8.25. The van der Waals surface area contributed by atoms with Crippen LogP contribution < -0.4 is 0 Å². The summed E-state index contributed by atoms with van der Waals surface area (Å²) in [6.07, 6.45) is 2.31. The Labute approximate surface area is 105 Å². The molecule has 0 radical (unpaired) electrons. The Morgan fingerprint density at radius 3 is 3.12 bits per heavy atom. The highest BCUT2D eigenvalue weighted by Gasteiger charge is 2.14. The van der Waals surface area contributed by atoms with E-state index in [0.717, 1.165) is 30.7 Å². The number of benzene rings is 1. The quantitative estimate of drug-likeness (QED) is 0.772. The molecule has 0 saturated carbocycles. The highest BCUT2D eigenvalue weighted by Crippen LogP contribution is 2.17. The third kappa shape index (κ3) is 3.89. The van der Waals surface area contributed by atoms with Crippen LogP contribution >= 0.6 is 15.9 Å². The minimum Gasteiger partial charge on any atom is -0.381 e. The van der Waals surface area contributed by atoms with Crippen molar-refractivity contribution in [1.82, 2.24) is 0 Å². The lowest BCUT2D eigenvalue weighted by molar-refractivity contribution is 0.103. The molecule has 3 heteroatoms. The van der Waals surface area contributed by atoms with Gasteiger partial charge in [0.15, 0.2) is 0 Å². The van der Waals surface area contributed by atoms with E-state index >= 15 is 0 Å². The molecule has 1 fully saturated rings. The summed E-state index contributed by atoms with van der Waals surface area (Å²) >= 11 is 3.45. The van der Waals surface area contributed by atoms with Gasteiger partial charge in [-0.2, -0.15) is 0 Å². The van der Waals surface area contributed by atoms with E-state index < -0.39 is 0 Å². The monoisotopic (exact) mass is 284 g/mol. The zero-order valence-electron chi connectivity index (χ0n) is 9.32. The minimum atomic E-state index is 0.701. The van der Waals surface area contributed by atoms with Gasteiger partial charge in [-0.25, -0.2) is 0 Å². The van der Waals surface area contributed by atoms with Crippen LogP contribution in [0.5, 0.6) is 0 Å². The van der Waals surface area contributed by atoms with E-state index in [0.29, 0.717) is 12.5 Å². The van der Waals surface area contributed by atoms with E-state index in [9.17, 15) is 0 Å². The molecule has 88 valence electrons. The Morgan fingerprint density at radius 2 is 2.38 bits per heavy atom. The molecule has 1 atom stereocenters. The Bertz CT molecular complexity index is 321. The molecule has 2 rings (SSSR count).